The molecule has 2 heteroatoms. The summed E-state index contributed by atoms with van der Waals surface area (Å²) in [6.45, 7) is 4.79. The SMILES string of the molecule is CC(Nc1ccccc1)C1CCN(C)CC1. The first-order valence-corrected chi connectivity index (χ1v) is 6.26. The Kier molecular flexibility index (Phi) is 3.83. The molecule has 0 radical (unpaired) electrons. The molecule has 1 heterocycles. The third-order valence-electron chi connectivity index (χ3n) is 3.64. The summed E-state index contributed by atoms with van der Waals surface area (Å²) in [4.78, 5) is 2.42. The van der Waals surface area contributed by atoms with E-state index in [1.165, 1.54) is 31.6 Å². The van der Waals surface area contributed by atoms with Crippen LogP contribution in [0.1, 0.15) is 19.8 Å². The molecule has 1 N–H and O–H groups in total. The molecule has 0 saturated carbocycles. The first-order chi connectivity index (χ1) is 7.75. The van der Waals surface area contributed by atoms with Crippen LogP contribution in [-0.4, -0.2) is 31.1 Å². The Hall–Kier alpha value is -1.02. The van der Waals surface area contributed by atoms with Crippen molar-refractivity contribution in [2.45, 2.75) is 25.8 Å². The molecule has 1 unspecified atom stereocenters. The average molecular weight is 218 g/mol. The number of para-hydroxylation sites is 1. The minimum Gasteiger partial charge on any atom is -0.382 e. The number of nitrogens with zero attached hydrogens (tertiary/aromatic N) is 1. The number of anilines is 1. The molecule has 0 spiro atoms. The molecule has 1 aliphatic heterocycles. The summed E-state index contributed by atoms with van der Waals surface area (Å²) in [5, 5.41) is 3.61. The number of hydrogen-bond acceptors (Lipinski definition) is 2. The number of rotatable bonds is 3. The molecular formula is C14H22N2. The van der Waals surface area contributed by atoms with E-state index in [0.717, 1.165) is 5.92 Å². The maximum atomic E-state index is 3.61. The zero-order chi connectivity index (χ0) is 11.4. The van der Waals surface area contributed by atoms with Crippen LogP contribution in [0.25, 0.3) is 0 Å². The van der Waals surface area contributed by atoms with Gasteiger partial charge >= 0.3 is 0 Å². The van der Waals surface area contributed by atoms with Crippen LogP contribution in [0.15, 0.2) is 30.3 Å². The van der Waals surface area contributed by atoms with Gasteiger partial charge in [-0.2, -0.15) is 0 Å². The fourth-order valence-corrected chi connectivity index (χ4v) is 2.44. The summed E-state index contributed by atoms with van der Waals surface area (Å²) < 4.78 is 0. The normalized spacial score (nSPS) is 20.6. The van der Waals surface area contributed by atoms with Crippen molar-refractivity contribution in [2.75, 3.05) is 25.5 Å². The molecule has 1 aliphatic rings. The Labute approximate surface area is 98.7 Å². The Morgan fingerprint density at radius 2 is 1.81 bits per heavy atom. The first-order valence-electron chi connectivity index (χ1n) is 6.26. The number of hydrogen-bond donors (Lipinski definition) is 1. The van der Waals surface area contributed by atoms with E-state index in [0.29, 0.717) is 6.04 Å². The van der Waals surface area contributed by atoms with Crippen molar-refractivity contribution in [3.05, 3.63) is 30.3 Å². The Balaban J connectivity index is 1.86. The van der Waals surface area contributed by atoms with Crippen LogP contribution in [0.3, 0.4) is 0 Å². The highest BCUT2D eigenvalue weighted by atomic mass is 15.1. The largest absolute Gasteiger partial charge is 0.382 e. The fourth-order valence-electron chi connectivity index (χ4n) is 2.44. The van der Waals surface area contributed by atoms with Gasteiger partial charge in [0, 0.05) is 11.7 Å². The molecule has 1 fully saturated rings. The van der Waals surface area contributed by atoms with Gasteiger partial charge in [-0.05, 0) is 58.0 Å². The van der Waals surface area contributed by atoms with Crippen LogP contribution in [0.2, 0.25) is 0 Å². The van der Waals surface area contributed by atoms with E-state index in [1.807, 2.05) is 0 Å². The summed E-state index contributed by atoms with van der Waals surface area (Å²) in [7, 11) is 2.21. The highest BCUT2D eigenvalue weighted by Crippen LogP contribution is 2.22. The molecule has 1 aromatic carbocycles. The molecule has 2 rings (SSSR count). The van der Waals surface area contributed by atoms with E-state index in [9.17, 15) is 0 Å². The Morgan fingerprint density at radius 1 is 1.19 bits per heavy atom. The van der Waals surface area contributed by atoms with Crippen molar-refractivity contribution < 1.29 is 0 Å². The molecule has 1 saturated heterocycles. The first kappa shape index (κ1) is 11.5. The summed E-state index contributed by atoms with van der Waals surface area (Å²) in [6.07, 6.45) is 2.63. The lowest BCUT2D eigenvalue weighted by atomic mass is 9.90. The van der Waals surface area contributed by atoms with Crippen molar-refractivity contribution in [1.29, 1.82) is 0 Å². The maximum Gasteiger partial charge on any atom is 0.0342 e. The Bertz CT molecular complexity index is 302. The molecule has 2 nitrogen and oxygen atoms in total. The van der Waals surface area contributed by atoms with E-state index < -0.39 is 0 Å². The van der Waals surface area contributed by atoms with Gasteiger partial charge in [0.05, 0.1) is 0 Å². The second-order valence-electron chi connectivity index (χ2n) is 4.94. The number of likely N-dealkylation sites (tertiary alicyclic amines) is 1. The van der Waals surface area contributed by atoms with Gasteiger partial charge in [0.25, 0.3) is 0 Å². The van der Waals surface area contributed by atoms with Crippen LogP contribution >= 0.6 is 0 Å². The third kappa shape index (κ3) is 2.99. The van der Waals surface area contributed by atoms with E-state index in [4.69, 9.17) is 0 Å². The summed E-state index contributed by atoms with van der Waals surface area (Å²) >= 11 is 0. The maximum absolute atomic E-state index is 3.61. The fraction of sp³-hybridized carbons (Fsp3) is 0.571. The van der Waals surface area contributed by atoms with Crippen molar-refractivity contribution in [2.24, 2.45) is 5.92 Å². The molecule has 0 amide bonds. The second-order valence-corrected chi connectivity index (χ2v) is 4.94. The van der Waals surface area contributed by atoms with Crippen LogP contribution in [0, 0.1) is 5.92 Å². The van der Waals surface area contributed by atoms with Gasteiger partial charge in [0.15, 0.2) is 0 Å². The highest BCUT2D eigenvalue weighted by Gasteiger charge is 2.21. The summed E-state index contributed by atoms with van der Waals surface area (Å²) in [5.74, 6) is 0.816. The van der Waals surface area contributed by atoms with E-state index in [1.54, 1.807) is 0 Å². The molecule has 88 valence electrons. The number of piperidine rings is 1. The molecule has 1 aromatic rings. The van der Waals surface area contributed by atoms with Gasteiger partial charge in [-0.3, -0.25) is 0 Å². The van der Waals surface area contributed by atoms with Gasteiger partial charge in [0.2, 0.25) is 0 Å². The summed E-state index contributed by atoms with van der Waals surface area (Å²) in [6, 6.07) is 11.1. The predicted molar refractivity (Wildman–Crippen MR) is 69.7 cm³/mol. The molecule has 0 bridgehead atoms. The van der Waals surface area contributed by atoms with E-state index >= 15 is 0 Å². The molecule has 1 atom stereocenters. The minimum atomic E-state index is 0.580. The van der Waals surface area contributed by atoms with Crippen molar-refractivity contribution in [1.82, 2.24) is 4.90 Å². The topological polar surface area (TPSA) is 15.3 Å². The zero-order valence-electron chi connectivity index (χ0n) is 10.3. The number of nitrogens with one attached hydrogen (secondary N) is 1. The third-order valence-corrected chi connectivity index (χ3v) is 3.64. The van der Waals surface area contributed by atoms with Gasteiger partial charge in [-0.1, -0.05) is 18.2 Å². The highest BCUT2D eigenvalue weighted by molar-refractivity contribution is 5.43. The zero-order valence-corrected chi connectivity index (χ0v) is 10.3. The van der Waals surface area contributed by atoms with Crippen molar-refractivity contribution in [3.63, 3.8) is 0 Å². The summed E-state index contributed by atoms with van der Waals surface area (Å²) in [5.41, 5.74) is 1.24. The lowest BCUT2D eigenvalue weighted by Gasteiger charge is -2.33. The number of benzene rings is 1. The van der Waals surface area contributed by atoms with Crippen LogP contribution < -0.4 is 5.32 Å². The van der Waals surface area contributed by atoms with E-state index in [2.05, 4.69) is 54.5 Å². The molecule has 0 aliphatic carbocycles. The minimum absolute atomic E-state index is 0.580. The van der Waals surface area contributed by atoms with Crippen LogP contribution in [-0.2, 0) is 0 Å². The van der Waals surface area contributed by atoms with Gasteiger partial charge in [-0.15, -0.1) is 0 Å². The standard InChI is InChI=1S/C14H22N2/c1-12(13-8-10-16(2)11-9-13)15-14-6-4-3-5-7-14/h3-7,12-13,15H,8-11H2,1-2H3. The average Bonchev–Trinajstić information content (AvgIpc) is 2.31. The smallest absolute Gasteiger partial charge is 0.0342 e. The van der Waals surface area contributed by atoms with Crippen LogP contribution in [0.5, 0.6) is 0 Å². The van der Waals surface area contributed by atoms with E-state index in [-0.39, 0.29) is 0 Å². The molecule has 0 aromatic heterocycles. The monoisotopic (exact) mass is 218 g/mol. The molecular weight excluding hydrogens is 196 g/mol. The lowest BCUT2D eigenvalue weighted by Crippen LogP contribution is -2.37. The predicted octanol–water partition coefficient (Wildman–Crippen LogP) is 2.83. The second kappa shape index (κ2) is 5.35. The molecule has 16 heavy (non-hydrogen) atoms. The Morgan fingerprint density at radius 3 is 2.44 bits per heavy atom. The quantitative estimate of drug-likeness (QED) is 0.839. The van der Waals surface area contributed by atoms with Crippen molar-refractivity contribution in [3.8, 4) is 0 Å². The van der Waals surface area contributed by atoms with Crippen LogP contribution in [0.4, 0.5) is 5.69 Å². The lowest BCUT2D eigenvalue weighted by molar-refractivity contribution is 0.208. The van der Waals surface area contributed by atoms with Gasteiger partial charge < -0.3 is 10.2 Å². The van der Waals surface area contributed by atoms with Gasteiger partial charge in [0.1, 0.15) is 0 Å². The van der Waals surface area contributed by atoms with Gasteiger partial charge in [-0.25, -0.2) is 0 Å². The van der Waals surface area contributed by atoms with Crippen molar-refractivity contribution >= 4 is 5.69 Å².